The summed E-state index contributed by atoms with van der Waals surface area (Å²) in [4.78, 5) is 21.3. The fourth-order valence-electron chi connectivity index (χ4n) is 4.46. The van der Waals surface area contributed by atoms with Gasteiger partial charge in [0.25, 0.3) is 0 Å². The van der Waals surface area contributed by atoms with Crippen molar-refractivity contribution in [2.24, 2.45) is 0 Å². The number of amides is 1. The van der Waals surface area contributed by atoms with E-state index in [9.17, 15) is 4.79 Å². The Bertz CT molecular complexity index is 874. The van der Waals surface area contributed by atoms with Crippen LogP contribution in [0.15, 0.2) is 36.4 Å². The van der Waals surface area contributed by atoms with Crippen molar-refractivity contribution in [3.05, 3.63) is 47.5 Å². The molecule has 1 aromatic heterocycles. The molecule has 0 saturated carbocycles. The monoisotopic (exact) mass is 438 g/mol. The van der Waals surface area contributed by atoms with Crippen LogP contribution in [-0.4, -0.2) is 96.5 Å². The highest BCUT2D eigenvalue weighted by Crippen LogP contribution is 2.18. The van der Waals surface area contributed by atoms with Crippen molar-refractivity contribution in [1.29, 1.82) is 0 Å². The first-order valence-electron chi connectivity index (χ1n) is 11.6. The molecule has 8 heteroatoms. The second-order valence-electron chi connectivity index (χ2n) is 8.66. The number of hydrogen-bond acceptors (Lipinski definition) is 7. The number of anilines is 2. The molecular weight excluding hydrogens is 404 g/mol. The largest absolute Gasteiger partial charge is 0.395 e. The normalized spacial score (nSPS) is 17.6. The van der Waals surface area contributed by atoms with E-state index in [1.54, 1.807) is 0 Å². The van der Waals surface area contributed by atoms with Crippen molar-refractivity contribution < 1.29 is 9.90 Å². The molecular formula is C24H34N6O2. The fraction of sp³-hybridized carbons (Fsp3) is 0.542. The molecule has 2 saturated heterocycles. The number of carbonyl (C=O) groups is 1. The van der Waals surface area contributed by atoms with Gasteiger partial charge in [0.15, 0.2) is 11.6 Å². The van der Waals surface area contributed by atoms with Crippen molar-refractivity contribution in [2.45, 2.75) is 19.8 Å². The van der Waals surface area contributed by atoms with Crippen LogP contribution in [0.25, 0.3) is 0 Å². The number of aliphatic hydroxyl groups is 1. The summed E-state index contributed by atoms with van der Waals surface area (Å²) < 4.78 is 0. The van der Waals surface area contributed by atoms with Gasteiger partial charge in [-0.1, -0.05) is 29.8 Å². The average Bonchev–Trinajstić information content (AvgIpc) is 2.84. The third-order valence-corrected chi connectivity index (χ3v) is 6.42. The number of nitrogens with zero attached hydrogens (tertiary/aromatic N) is 6. The van der Waals surface area contributed by atoms with Gasteiger partial charge in [0.1, 0.15) is 0 Å². The number of aromatic nitrogens is 2. The van der Waals surface area contributed by atoms with Gasteiger partial charge in [0.2, 0.25) is 5.91 Å². The van der Waals surface area contributed by atoms with E-state index in [1.807, 2.05) is 17.0 Å². The lowest BCUT2D eigenvalue weighted by atomic mass is 10.1. The maximum absolute atomic E-state index is 12.6. The minimum absolute atomic E-state index is 0.208. The molecule has 0 radical (unpaired) electrons. The molecule has 1 amide bonds. The van der Waals surface area contributed by atoms with E-state index in [4.69, 9.17) is 5.11 Å². The van der Waals surface area contributed by atoms with Crippen LogP contribution in [0.4, 0.5) is 11.6 Å². The summed E-state index contributed by atoms with van der Waals surface area (Å²) in [6, 6.07) is 12.5. The molecule has 2 fully saturated rings. The van der Waals surface area contributed by atoms with Crippen LogP contribution >= 0.6 is 0 Å². The Kier molecular flexibility index (Phi) is 7.55. The van der Waals surface area contributed by atoms with E-state index in [0.717, 1.165) is 77.0 Å². The highest BCUT2D eigenvalue weighted by atomic mass is 16.3. The molecule has 3 heterocycles. The summed E-state index contributed by atoms with van der Waals surface area (Å²) in [5.41, 5.74) is 2.46. The lowest BCUT2D eigenvalue weighted by molar-refractivity contribution is -0.131. The number of hydrogen-bond donors (Lipinski definition) is 1. The van der Waals surface area contributed by atoms with Gasteiger partial charge in [0.05, 0.1) is 6.61 Å². The van der Waals surface area contributed by atoms with E-state index in [2.05, 4.69) is 56.1 Å². The Hall–Kier alpha value is -2.71. The smallest absolute Gasteiger partial charge is 0.223 e. The van der Waals surface area contributed by atoms with Gasteiger partial charge in [-0.05, 0) is 31.0 Å². The van der Waals surface area contributed by atoms with Crippen molar-refractivity contribution >= 4 is 17.5 Å². The van der Waals surface area contributed by atoms with Crippen molar-refractivity contribution in [1.82, 2.24) is 20.0 Å². The van der Waals surface area contributed by atoms with Crippen LogP contribution < -0.4 is 9.80 Å². The van der Waals surface area contributed by atoms with Gasteiger partial charge in [-0.25, -0.2) is 0 Å². The van der Waals surface area contributed by atoms with Crippen molar-refractivity contribution in [3.63, 3.8) is 0 Å². The summed E-state index contributed by atoms with van der Waals surface area (Å²) in [7, 11) is 0. The lowest BCUT2D eigenvalue weighted by Gasteiger charge is -2.36. The van der Waals surface area contributed by atoms with E-state index in [-0.39, 0.29) is 12.5 Å². The summed E-state index contributed by atoms with van der Waals surface area (Å²) in [5.74, 6) is 2.01. The number of benzene rings is 1. The van der Waals surface area contributed by atoms with Crippen LogP contribution in [-0.2, 0) is 11.2 Å². The molecule has 32 heavy (non-hydrogen) atoms. The standard InChI is InChI=1S/C24H34N6O2/c1-20-3-2-4-21(19-20)5-8-24(32)30-15-13-29(14-16-30)23-7-6-22(25-26-23)28-11-9-27(10-12-28)17-18-31/h2-4,6-7,19,31H,5,8-18H2,1H3. The molecule has 2 aliphatic rings. The third-order valence-electron chi connectivity index (χ3n) is 6.42. The Balaban J connectivity index is 1.23. The number of piperazine rings is 2. The molecule has 1 aromatic carbocycles. The first kappa shape index (κ1) is 22.5. The maximum Gasteiger partial charge on any atom is 0.223 e. The zero-order chi connectivity index (χ0) is 22.3. The summed E-state index contributed by atoms with van der Waals surface area (Å²) >= 11 is 0. The third kappa shape index (κ3) is 5.75. The summed E-state index contributed by atoms with van der Waals surface area (Å²) in [6.07, 6.45) is 1.35. The van der Waals surface area contributed by atoms with Gasteiger partial charge in [-0.3, -0.25) is 9.69 Å². The Morgan fingerprint density at radius 2 is 1.53 bits per heavy atom. The summed E-state index contributed by atoms with van der Waals surface area (Å²) in [6.45, 7) is 9.71. The van der Waals surface area contributed by atoms with E-state index < -0.39 is 0 Å². The van der Waals surface area contributed by atoms with Gasteiger partial charge < -0.3 is 19.8 Å². The zero-order valence-corrected chi connectivity index (χ0v) is 19.0. The minimum atomic E-state index is 0.208. The molecule has 8 nitrogen and oxygen atoms in total. The van der Waals surface area contributed by atoms with E-state index >= 15 is 0 Å². The average molecular weight is 439 g/mol. The molecule has 0 unspecified atom stereocenters. The zero-order valence-electron chi connectivity index (χ0n) is 19.0. The molecule has 4 rings (SSSR count). The van der Waals surface area contributed by atoms with E-state index in [0.29, 0.717) is 6.42 Å². The predicted molar refractivity (Wildman–Crippen MR) is 126 cm³/mol. The second kappa shape index (κ2) is 10.7. The van der Waals surface area contributed by atoms with E-state index in [1.165, 1.54) is 11.1 Å². The fourth-order valence-corrected chi connectivity index (χ4v) is 4.46. The summed E-state index contributed by atoms with van der Waals surface area (Å²) in [5, 5.41) is 18.0. The number of β-amino-alcohol motifs (C(OH)–C–C–N with tert-alkyl or cyclic N) is 1. The van der Waals surface area contributed by atoms with Gasteiger partial charge >= 0.3 is 0 Å². The highest BCUT2D eigenvalue weighted by molar-refractivity contribution is 5.76. The van der Waals surface area contributed by atoms with Gasteiger partial charge in [-0.15, -0.1) is 10.2 Å². The Morgan fingerprint density at radius 3 is 2.09 bits per heavy atom. The van der Waals surface area contributed by atoms with Gasteiger partial charge in [-0.2, -0.15) is 0 Å². The van der Waals surface area contributed by atoms with Gasteiger partial charge in [0, 0.05) is 65.3 Å². The maximum atomic E-state index is 12.6. The first-order chi connectivity index (χ1) is 15.6. The molecule has 0 bridgehead atoms. The van der Waals surface area contributed by atoms with Crippen LogP contribution in [0, 0.1) is 6.92 Å². The quantitative estimate of drug-likeness (QED) is 0.696. The van der Waals surface area contributed by atoms with Crippen LogP contribution in [0.3, 0.4) is 0 Å². The molecule has 0 atom stereocenters. The van der Waals surface area contributed by atoms with Crippen LogP contribution in [0.2, 0.25) is 0 Å². The SMILES string of the molecule is Cc1cccc(CCC(=O)N2CCN(c3ccc(N4CCN(CCO)CC4)nn3)CC2)c1. The lowest BCUT2D eigenvalue weighted by Crippen LogP contribution is -2.49. The van der Waals surface area contributed by atoms with Crippen molar-refractivity contribution in [2.75, 3.05) is 75.3 Å². The number of aryl methyl sites for hydroxylation is 2. The molecule has 2 aliphatic heterocycles. The van der Waals surface area contributed by atoms with Crippen molar-refractivity contribution in [3.8, 4) is 0 Å². The molecule has 2 aromatic rings. The molecule has 172 valence electrons. The first-order valence-corrected chi connectivity index (χ1v) is 11.6. The number of carbonyl (C=O) groups excluding carboxylic acids is 1. The number of aliphatic hydroxyl groups excluding tert-OH is 1. The highest BCUT2D eigenvalue weighted by Gasteiger charge is 2.23. The molecule has 0 aliphatic carbocycles. The van der Waals surface area contributed by atoms with Crippen LogP contribution in [0.1, 0.15) is 17.5 Å². The number of rotatable bonds is 7. The Labute approximate surface area is 190 Å². The topological polar surface area (TPSA) is 76.0 Å². The molecule has 1 N–H and O–H groups in total. The second-order valence-corrected chi connectivity index (χ2v) is 8.66. The van der Waals surface area contributed by atoms with Crippen LogP contribution in [0.5, 0.6) is 0 Å². The predicted octanol–water partition coefficient (Wildman–Crippen LogP) is 1.18. The Morgan fingerprint density at radius 1 is 0.906 bits per heavy atom. The minimum Gasteiger partial charge on any atom is -0.395 e. The molecule has 0 spiro atoms.